The SMILES string of the molecule is CC1CCC(C2C3=CC(C(C)(C)C)CCC3CC3=CCCCC32)CC1. The van der Waals surface area contributed by atoms with Gasteiger partial charge in [-0.2, -0.15) is 0 Å². The molecule has 4 rings (SSSR count). The number of allylic oxidation sites excluding steroid dienone is 4. The van der Waals surface area contributed by atoms with Crippen LogP contribution < -0.4 is 0 Å². The molecule has 0 N–H and O–H groups in total. The summed E-state index contributed by atoms with van der Waals surface area (Å²) in [5.41, 5.74) is 4.26. The monoisotopic (exact) mass is 340 g/mol. The summed E-state index contributed by atoms with van der Waals surface area (Å²) in [5, 5.41) is 0. The molecule has 4 aliphatic rings. The molecular formula is C25H40. The molecule has 0 aromatic heterocycles. The predicted octanol–water partition coefficient (Wildman–Crippen LogP) is 7.56. The van der Waals surface area contributed by atoms with E-state index in [0.717, 1.165) is 35.5 Å². The molecule has 25 heavy (non-hydrogen) atoms. The van der Waals surface area contributed by atoms with Crippen molar-refractivity contribution in [1.82, 2.24) is 0 Å². The molecule has 0 saturated heterocycles. The van der Waals surface area contributed by atoms with Gasteiger partial charge in [0, 0.05) is 0 Å². The molecule has 0 aromatic rings. The second kappa shape index (κ2) is 6.90. The highest BCUT2D eigenvalue weighted by Gasteiger charge is 2.44. The molecule has 0 nitrogen and oxygen atoms in total. The summed E-state index contributed by atoms with van der Waals surface area (Å²) in [5.74, 6) is 5.47. The molecule has 4 aliphatic carbocycles. The smallest absolute Gasteiger partial charge is 0.0106 e. The van der Waals surface area contributed by atoms with Gasteiger partial charge in [0.25, 0.3) is 0 Å². The normalized spacial score (nSPS) is 42.1. The Balaban J connectivity index is 1.68. The Morgan fingerprint density at radius 2 is 1.68 bits per heavy atom. The highest BCUT2D eigenvalue weighted by atomic mass is 14.5. The van der Waals surface area contributed by atoms with Gasteiger partial charge < -0.3 is 0 Å². The van der Waals surface area contributed by atoms with E-state index >= 15 is 0 Å². The highest BCUT2D eigenvalue weighted by molar-refractivity contribution is 5.31. The molecule has 2 fully saturated rings. The molecule has 0 radical (unpaired) electrons. The Hall–Kier alpha value is -0.520. The van der Waals surface area contributed by atoms with Crippen molar-refractivity contribution in [3.63, 3.8) is 0 Å². The van der Waals surface area contributed by atoms with E-state index in [1.807, 2.05) is 11.1 Å². The van der Waals surface area contributed by atoms with Gasteiger partial charge >= 0.3 is 0 Å². The zero-order chi connectivity index (χ0) is 17.6. The standard InChI is InChI=1S/C25H40/c1-17-9-11-18(12-10-17)24-22-8-6-5-7-19(22)15-20-13-14-21(16-23(20)24)25(2,3)4/h7,16-18,20-22,24H,5-6,8-15H2,1-4H3. The van der Waals surface area contributed by atoms with Crippen molar-refractivity contribution in [2.45, 2.75) is 91.9 Å². The van der Waals surface area contributed by atoms with E-state index in [0.29, 0.717) is 5.41 Å². The van der Waals surface area contributed by atoms with Crippen LogP contribution >= 0.6 is 0 Å². The summed E-state index contributed by atoms with van der Waals surface area (Å²) >= 11 is 0. The van der Waals surface area contributed by atoms with E-state index in [1.165, 1.54) is 64.2 Å². The first kappa shape index (κ1) is 17.9. The van der Waals surface area contributed by atoms with Crippen LogP contribution in [-0.2, 0) is 0 Å². The largest absolute Gasteiger partial charge is 0.0850 e. The van der Waals surface area contributed by atoms with E-state index in [4.69, 9.17) is 0 Å². The maximum atomic E-state index is 2.82. The molecule has 0 amide bonds. The third kappa shape index (κ3) is 3.52. The predicted molar refractivity (Wildman–Crippen MR) is 108 cm³/mol. The third-order valence-corrected chi connectivity index (χ3v) is 8.27. The van der Waals surface area contributed by atoms with Crippen LogP contribution in [0.5, 0.6) is 0 Å². The molecule has 140 valence electrons. The molecule has 0 aromatic carbocycles. The summed E-state index contributed by atoms with van der Waals surface area (Å²) in [7, 11) is 0. The first-order valence-electron chi connectivity index (χ1n) is 11.3. The maximum absolute atomic E-state index is 2.82. The van der Waals surface area contributed by atoms with Crippen LogP contribution in [0.3, 0.4) is 0 Å². The van der Waals surface area contributed by atoms with E-state index in [-0.39, 0.29) is 0 Å². The zero-order valence-electron chi connectivity index (χ0n) is 17.2. The van der Waals surface area contributed by atoms with Gasteiger partial charge in [-0.15, -0.1) is 0 Å². The lowest BCUT2D eigenvalue weighted by Crippen LogP contribution is -2.39. The Morgan fingerprint density at radius 3 is 2.40 bits per heavy atom. The van der Waals surface area contributed by atoms with Gasteiger partial charge in [-0.3, -0.25) is 0 Å². The second-order valence-corrected chi connectivity index (χ2v) is 11.0. The maximum Gasteiger partial charge on any atom is -0.0106 e. The minimum atomic E-state index is 0.437. The lowest BCUT2D eigenvalue weighted by atomic mass is 9.55. The summed E-state index contributed by atoms with van der Waals surface area (Å²) in [6.07, 6.45) is 20.0. The molecule has 0 heterocycles. The fourth-order valence-corrected chi connectivity index (χ4v) is 6.65. The molecule has 0 bridgehead atoms. The van der Waals surface area contributed by atoms with Crippen LogP contribution in [0.1, 0.15) is 91.9 Å². The van der Waals surface area contributed by atoms with Gasteiger partial charge in [0.2, 0.25) is 0 Å². The van der Waals surface area contributed by atoms with E-state index < -0.39 is 0 Å². The second-order valence-electron chi connectivity index (χ2n) is 11.0. The molecule has 0 heteroatoms. The minimum absolute atomic E-state index is 0.437. The fraction of sp³-hybridized carbons (Fsp3) is 0.840. The topological polar surface area (TPSA) is 0 Å². The number of hydrogen-bond acceptors (Lipinski definition) is 0. The quantitative estimate of drug-likeness (QED) is 0.432. The lowest BCUT2D eigenvalue weighted by Gasteiger charge is -2.50. The summed E-state index contributed by atoms with van der Waals surface area (Å²) in [6, 6.07) is 0. The molecular weight excluding hydrogens is 300 g/mol. The minimum Gasteiger partial charge on any atom is -0.0850 e. The first-order chi connectivity index (χ1) is 11.9. The lowest BCUT2D eigenvalue weighted by molar-refractivity contribution is 0.143. The summed E-state index contributed by atoms with van der Waals surface area (Å²) < 4.78 is 0. The van der Waals surface area contributed by atoms with Crippen LogP contribution in [0.2, 0.25) is 0 Å². The molecule has 4 atom stereocenters. The van der Waals surface area contributed by atoms with Crippen LogP contribution in [-0.4, -0.2) is 0 Å². The van der Waals surface area contributed by atoms with Crippen LogP contribution in [0.15, 0.2) is 23.3 Å². The van der Waals surface area contributed by atoms with Crippen molar-refractivity contribution in [3.05, 3.63) is 23.3 Å². The fourth-order valence-electron chi connectivity index (χ4n) is 6.65. The van der Waals surface area contributed by atoms with Gasteiger partial charge in [-0.05, 0) is 92.3 Å². The van der Waals surface area contributed by atoms with Gasteiger partial charge in [0.15, 0.2) is 0 Å². The van der Waals surface area contributed by atoms with Crippen molar-refractivity contribution in [2.75, 3.05) is 0 Å². The van der Waals surface area contributed by atoms with Gasteiger partial charge in [-0.1, -0.05) is 63.8 Å². The summed E-state index contributed by atoms with van der Waals surface area (Å²) in [6.45, 7) is 9.85. The molecule has 0 aliphatic heterocycles. The van der Waals surface area contributed by atoms with Crippen molar-refractivity contribution >= 4 is 0 Å². The molecule has 2 saturated carbocycles. The van der Waals surface area contributed by atoms with Crippen molar-refractivity contribution in [1.29, 1.82) is 0 Å². The molecule has 4 unspecified atom stereocenters. The zero-order valence-corrected chi connectivity index (χ0v) is 17.2. The average Bonchev–Trinajstić information content (AvgIpc) is 2.59. The van der Waals surface area contributed by atoms with Crippen molar-refractivity contribution in [2.24, 2.45) is 40.9 Å². The number of rotatable bonds is 1. The van der Waals surface area contributed by atoms with Crippen molar-refractivity contribution < 1.29 is 0 Å². The highest BCUT2D eigenvalue weighted by Crippen LogP contribution is 2.56. The van der Waals surface area contributed by atoms with E-state index in [2.05, 4.69) is 39.8 Å². The Morgan fingerprint density at radius 1 is 0.920 bits per heavy atom. The van der Waals surface area contributed by atoms with Crippen LogP contribution in [0.25, 0.3) is 0 Å². The van der Waals surface area contributed by atoms with E-state index in [1.54, 1.807) is 0 Å². The average molecular weight is 341 g/mol. The summed E-state index contributed by atoms with van der Waals surface area (Å²) in [4.78, 5) is 0. The number of fused-ring (bicyclic) bond motifs is 2. The first-order valence-corrected chi connectivity index (χ1v) is 11.3. The Bertz CT molecular complexity index is 535. The third-order valence-electron chi connectivity index (χ3n) is 8.27. The van der Waals surface area contributed by atoms with Crippen LogP contribution in [0.4, 0.5) is 0 Å². The van der Waals surface area contributed by atoms with Gasteiger partial charge in [0.05, 0.1) is 0 Å². The van der Waals surface area contributed by atoms with Crippen molar-refractivity contribution in [3.8, 4) is 0 Å². The molecule has 0 spiro atoms. The Labute approximate surface area is 156 Å². The Kier molecular flexibility index (Phi) is 4.93. The van der Waals surface area contributed by atoms with Gasteiger partial charge in [0.1, 0.15) is 0 Å². The van der Waals surface area contributed by atoms with Gasteiger partial charge in [-0.25, -0.2) is 0 Å². The van der Waals surface area contributed by atoms with Crippen LogP contribution in [0, 0.1) is 40.9 Å². The number of hydrogen-bond donors (Lipinski definition) is 0. The van der Waals surface area contributed by atoms with E-state index in [9.17, 15) is 0 Å².